The third-order valence-corrected chi connectivity index (χ3v) is 1.05. The van der Waals surface area contributed by atoms with Gasteiger partial charge in [0, 0.05) is 6.54 Å². The molecule has 5 nitrogen and oxygen atoms in total. The van der Waals surface area contributed by atoms with E-state index in [1.807, 2.05) is 0 Å². The Balaban J connectivity index is 3.30. The Morgan fingerprint density at radius 1 is 1.33 bits per heavy atom. The minimum atomic E-state index is -0.487. The zero-order valence-electron chi connectivity index (χ0n) is 7.25. The first-order valence-electron chi connectivity index (χ1n) is 3.62. The van der Waals surface area contributed by atoms with Crippen LogP contribution in [0.3, 0.4) is 0 Å². The lowest BCUT2D eigenvalue weighted by Gasteiger charge is -2.02. The van der Waals surface area contributed by atoms with E-state index in [4.69, 9.17) is 4.74 Å². The second-order valence-electron chi connectivity index (χ2n) is 2.02. The van der Waals surface area contributed by atoms with E-state index < -0.39 is 5.97 Å². The van der Waals surface area contributed by atoms with Crippen molar-refractivity contribution in [2.75, 3.05) is 26.9 Å². The molecule has 0 spiro atoms. The molecule has 0 aromatic heterocycles. The summed E-state index contributed by atoms with van der Waals surface area (Å²) < 4.78 is 9.01. The van der Waals surface area contributed by atoms with E-state index in [0.29, 0.717) is 6.54 Å². The lowest BCUT2D eigenvalue weighted by molar-refractivity contribution is -0.147. The van der Waals surface area contributed by atoms with Crippen LogP contribution in [0.15, 0.2) is 0 Å². The van der Waals surface area contributed by atoms with E-state index in [1.54, 1.807) is 6.92 Å². The van der Waals surface area contributed by atoms with Crippen LogP contribution in [0.1, 0.15) is 6.92 Å². The highest BCUT2D eigenvalue weighted by Gasteiger charge is 2.02. The van der Waals surface area contributed by atoms with Crippen molar-refractivity contribution in [2.45, 2.75) is 6.92 Å². The van der Waals surface area contributed by atoms with Crippen LogP contribution >= 0.6 is 0 Å². The van der Waals surface area contributed by atoms with Crippen LogP contribution in [0.4, 0.5) is 0 Å². The van der Waals surface area contributed by atoms with Gasteiger partial charge in [-0.15, -0.1) is 0 Å². The van der Waals surface area contributed by atoms with Gasteiger partial charge in [0.1, 0.15) is 13.2 Å². The van der Waals surface area contributed by atoms with Gasteiger partial charge in [0.05, 0.1) is 7.11 Å². The number of methoxy groups -OCH3 is 1. The van der Waals surface area contributed by atoms with E-state index in [0.717, 1.165) is 0 Å². The van der Waals surface area contributed by atoms with Crippen molar-refractivity contribution in [2.24, 2.45) is 0 Å². The minimum absolute atomic E-state index is 0.108. The quantitative estimate of drug-likeness (QED) is 0.562. The number of esters is 1. The molecule has 0 radical (unpaired) electrons. The number of likely N-dealkylation sites (N-methyl/N-ethyl adjacent to an activating group) is 1. The summed E-state index contributed by atoms with van der Waals surface area (Å²) in [5.74, 6) is -0.722. The molecule has 0 aromatic rings. The Hall–Kier alpha value is -1.10. The average Bonchev–Trinajstić information content (AvgIpc) is 2.04. The van der Waals surface area contributed by atoms with E-state index in [2.05, 4.69) is 10.1 Å². The second kappa shape index (κ2) is 6.60. The molecule has 0 aromatic carbocycles. The van der Waals surface area contributed by atoms with Crippen molar-refractivity contribution >= 4 is 11.9 Å². The average molecular weight is 175 g/mol. The normalized spacial score (nSPS) is 9.17. The summed E-state index contributed by atoms with van der Waals surface area (Å²) in [6.45, 7) is 2.06. The monoisotopic (exact) mass is 175 g/mol. The maximum Gasteiger partial charge on any atom is 0.331 e. The van der Waals surface area contributed by atoms with Crippen molar-refractivity contribution in [3.8, 4) is 0 Å². The SMILES string of the molecule is CCNC(=O)COCC(=O)OC. The molecule has 5 heteroatoms. The van der Waals surface area contributed by atoms with Gasteiger partial charge in [-0.3, -0.25) is 4.79 Å². The molecule has 0 fully saturated rings. The topological polar surface area (TPSA) is 64.6 Å². The van der Waals surface area contributed by atoms with Crippen LogP contribution in [0.5, 0.6) is 0 Å². The highest BCUT2D eigenvalue weighted by atomic mass is 16.6. The first kappa shape index (κ1) is 10.9. The Bertz CT molecular complexity index is 157. The summed E-state index contributed by atoms with van der Waals surface area (Å²) in [4.78, 5) is 21.2. The summed E-state index contributed by atoms with van der Waals surface area (Å²) in [5, 5.41) is 2.52. The third-order valence-electron chi connectivity index (χ3n) is 1.05. The molecular formula is C7H13NO4. The number of hydrogen-bond donors (Lipinski definition) is 1. The molecule has 0 aliphatic heterocycles. The highest BCUT2D eigenvalue weighted by Crippen LogP contribution is 1.78. The summed E-state index contributed by atoms with van der Waals surface area (Å²) >= 11 is 0. The van der Waals surface area contributed by atoms with Crippen LogP contribution < -0.4 is 5.32 Å². The van der Waals surface area contributed by atoms with Crippen molar-refractivity contribution in [3.05, 3.63) is 0 Å². The summed E-state index contributed by atoms with van der Waals surface area (Å²) in [5.41, 5.74) is 0. The number of nitrogens with one attached hydrogen (secondary N) is 1. The molecule has 0 atom stereocenters. The summed E-state index contributed by atoms with van der Waals surface area (Å²) in [6, 6.07) is 0. The zero-order valence-corrected chi connectivity index (χ0v) is 7.25. The molecule has 0 saturated carbocycles. The van der Waals surface area contributed by atoms with Gasteiger partial charge in [-0.05, 0) is 6.92 Å². The number of carbonyl (C=O) groups excluding carboxylic acids is 2. The van der Waals surface area contributed by atoms with Gasteiger partial charge in [0.2, 0.25) is 5.91 Å². The van der Waals surface area contributed by atoms with Gasteiger partial charge in [0.15, 0.2) is 0 Å². The molecule has 0 saturated heterocycles. The third kappa shape index (κ3) is 5.67. The molecule has 1 N–H and O–H groups in total. The van der Waals surface area contributed by atoms with Gasteiger partial charge >= 0.3 is 5.97 Å². The van der Waals surface area contributed by atoms with Gasteiger partial charge in [-0.1, -0.05) is 0 Å². The minimum Gasteiger partial charge on any atom is -0.467 e. The number of hydrogen-bond acceptors (Lipinski definition) is 4. The van der Waals surface area contributed by atoms with Gasteiger partial charge in [0.25, 0.3) is 0 Å². The van der Waals surface area contributed by atoms with E-state index in [-0.39, 0.29) is 19.1 Å². The van der Waals surface area contributed by atoms with E-state index >= 15 is 0 Å². The number of carbonyl (C=O) groups is 2. The Labute approximate surface area is 71.0 Å². The Kier molecular flexibility index (Phi) is 6.00. The Morgan fingerprint density at radius 2 is 2.00 bits per heavy atom. The highest BCUT2D eigenvalue weighted by molar-refractivity contribution is 5.77. The molecule has 70 valence electrons. The first-order valence-corrected chi connectivity index (χ1v) is 3.62. The number of amides is 1. The van der Waals surface area contributed by atoms with Crippen LogP contribution in [-0.4, -0.2) is 38.7 Å². The van der Waals surface area contributed by atoms with Crippen molar-refractivity contribution in [1.29, 1.82) is 0 Å². The maximum absolute atomic E-state index is 10.7. The van der Waals surface area contributed by atoms with E-state index in [9.17, 15) is 9.59 Å². The Morgan fingerprint density at radius 3 is 2.50 bits per heavy atom. The molecule has 0 aliphatic carbocycles. The lowest BCUT2D eigenvalue weighted by atomic mass is 10.6. The van der Waals surface area contributed by atoms with Crippen LogP contribution in [0, 0.1) is 0 Å². The van der Waals surface area contributed by atoms with Crippen LogP contribution in [0.25, 0.3) is 0 Å². The van der Waals surface area contributed by atoms with Crippen LogP contribution in [0.2, 0.25) is 0 Å². The largest absolute Gasteiger partial charge is 0.467 e. The smallest absolute Gasteiger partial charge is 0.331 e. The summed E-state index contributed by atoms with van der Waals surface area (Å²) in [6.07, 6.45) is 0. The molecule has 0 aliphatic rings. The molecule has 0 unspecified atom stereocenters. The molecular weight excluding hydrogens is 162 g/mol. The summed E-state index contributed by atoms with van der Waals surface area (Å²) in [7, 11) is 1.26. The predicted octanol–water partition coefficient (Wildman–Crippen LogP) is -0.688. The fraction of sp³-hybridized carbons (Fsp3) is 0.714. The van der Waals surface area contributed by atoms with Gasteiger partial charge < -0.3 is 14.8 Å². The molecule has 0 bridgehead atoms. The zero-order chi connectivity index (χ0) is 9.40. The van der Waals surface area contributed by atoms with E-state index in [1.165, 1.54) is 7.11 Å². The molecule has 0 heterocycles. The van der Waals surface area contributed by atoms with Gasteiger partial charge in [-0.25, -0.2) is 4.79 Å². The fourth-order valence-electron chi connectivity index (χ4n) is 0.534. The molecule has 1 amide bonds. The van der Waals surface area contributed by atoms with Crippen LogP contribution in [-0.2, 0) is 19.1 Å². The second-order valence-corrected chi connectivity index (χ2v) is 2.02. The van der Waals surface area contributed by atoms with Crippen molar-refractivity contribution in [3.63, 3.8) is 0 Å². The fourth-order valence-corrected chi connectivity index (χ4v) is 0.534. The molecule has 12 heavy (non-hydrogen) atoms. The number of rotatable bonds is 5. The standard InChI is InChI=1S/C7H13NO4/c1-3-8-6(9)4-12-5-7(10)11-2/h3-5H2,1-2H3,(H,8,9). The predicted molar refractivity (Wildman–Crippen MR) is 41.5 cm³/mol. The van der Waals surface area contributed by atoms with Crippen molar-refractivity contribution in [1.82, 2.24) is 5.32 Å². The number of ether oxygens (including phenoxy) is 2. The van der Waals surface area contributed by atoms with Crippen molar-refractivity contribution < 1.29 is 19.1 Å². The lowest BCUT2D eigenvalue weighted by Crippen LogP contribution is -2.28. The first-order chi connectivity index (χ1) is 5.70. The molecule has 0 rings (SSSR count). The van der Waals surface area contributed by atoms with Gasteiger partial charge in [-0.2, -0.15) is 0 Å². The maximum atomic E-state index is 10.7.